The molecule has 0 aromatic heterocycles. The lowest BCUT2D eigenvalue weighted by Gasteiger charge is -2.28. The molecular weight excluding hydrogens is 252 g/mol. The molecule has 4 nitrogen and oxygen atoms in total. The van der Waals surface area contributed by atoms with Crippen LogP contribution in [0.5, 0.6) is 0 Å². The average molecular weight is 276 g/mol. The Morgan fingerprint density at radius 1 is 1.40 bits per heavy atom. The van der Waals surface area contributed by atoms with Gasteiger partial charge >= 0.3 is 6.03 Å². The lowest BCUT2D eigenvalue weighted by Crippen LogP contribution is -2.40. The SMILES string of the molecule is C[C@@H]1C[C@H](CNC(=O)N(C)Cc2ccccc2)CCO1. The van der Waals surface area contributed by atoms with Crippen LogP contribution in [0.4, 0.5) is 4.79 Å². The first-order chi connectivity index (χ1) is 9.65. The first kappa shape index (κ1) is 14.9. The van der Waals surface area contributed by atoms with E-state index in [2.05, 4.69) is 12.2 Å². The number of carbonyl (C=O) groups excluding carboxylic acids is 1. The average Bonchev–Trinajstić information content (AvgIpc) is 2.46. The molecule has 0 radical (unpaired) electrons. The van der Waals surface area contributed by atoms with E-state index in [4.69, 9.17) is 4.74 Å². The molecule has 2 amide bonds. The highest BCUT2D eigenvalue weighted by molar-refractivity contribution is 5.73. The predicted molar refractivity (Wildman–Crippen MR) is 79.4 cm³/mol. The zero-order valence-corrected chi connectivity index (χ0v) is 12.3. The Bertz CT molecular complexity index is 422. The fourth-order valence-corrected chi connectivity index (χ4v) is 2.57. The number of hydrogen-bond acceptors (Lipinski definition) is 2. The van der Waals surface area contributed by atoms with Gasteiger partial charge in [0.25, 0.3) is 0 Å². The molecule has 4 heteroatoms. The van der Waals surface area contributed by atoms with Crippen LogP contribution in [0.25, 0.3) is 0 Å². The molecule has 1 aliphatic rings. The van der Waals surface area contributed by atoms with Gasteiger partial charge in [0.05, 0.1) is 6.10 Å². The summed E-state index contributed by atoms with van der Waals surface area (Å²) in [5.74, 6) is 0.535. The van der Waals surface area contributed by atoms with Crippen LogP contribution >= 0.6 is 0 Å². The van der Waals surface area contributed by atoms with Gasteiger partial charge < -0.3 is 15.0 Å². The molecule has 0 aliphatic carbocycles. The van der Waals surface area contributed by atoms with Crippen LogP contribution in [-0.4, -0.2) is 37.2 Å². The summed E-state index contributed by atoms with van der Waals surface area (Å²) >= 11 is 0. The summed E-state index contributed by atoms with van der Waals surface area (Å²) in [6, 6.07) is 10.0. The molecule has 0 saturated carbocycles. The highest BCUT2D eigenvalue weighted by atomic mass is 16.5. The maximum absolute atomic E-state index is 12.1. The van der Waals surface area contributed by atoms with Crippen molar-refractivity contribution in [2.45, 2.75) is 32.4 Å². The van der Waals surface area contributed by atoms with Crippen LogP contribution in [0, 0.1) is 5.92 Å². The number of ether oxygens (including phenoxy) is 1. The fraction of sp³-hybridized carbons (Fsp3) is 0.562. The summed E-state index contributed by atoms with van der Waals surface area (Å²) in [5, 5.41) is 3.02. The third kappa shape index (κ3) is 4.53. The molecular formula is C16H24N2O2. The van der Waals surface area contributed by atoms with Crippen molar-refractivity contribution in [3.8, 4) is 0 Å². The molecule has 1 aromatic rings. The van der Waals surface area contributed by atoms with Crippen molar-refractivity contribution in [1.82, 2.24) is 10.2 Å². The van der Waals surface area contributed by atoms with Gasteiger partial charge in [-0.3, -0.25) is 0 Å². The van der Waals surface area contributed by atoms with Gasteiger partial charge in [0.15, 0.2) is 0 Å². The molecule has 1 N–H and O–H groups in total. The monoisotopic (exact) mass is 276 g/mol. The molecule has 1 fully saturated rings. The highest BCUT2D eigenvalue weighted by Gasteiger charge is 2.20. The third-order valence-corrected chi connectivity index (χ3v) is 3.74. The molecule has 2 rings (SSSR count). The van der Waals surface area contributed by atoms with Gasteiger partial charge in [-0.05, 0) is 31.2 Å². The molecule has 20 heavy (non-hydrogen) atoms. The van der Waals surface area contributed by atoms with Crippen molar-refractivity contribution >= 4 is 6.03 Å². The van der Waals surface area contributed by atoms with Gasteiger partial charge in [-0.25, -0.2) is 4.79 Å². The molecule has 2 atom stereocenters. The molecule has 1 heterocycles. The standard InChI is InChI=1S/C16H24N2O2/c1-13-10-15(8-9-20-13)11-17-16(19)18(2)12-14-6-4-3-5-7-14/h3-7,13,15H,8-12H2,1-2H3,(H,17,19)/t13-,15-/m1/s1. The zero-order chi connectivity index (χ0) is 14.4. The van der Waals surface area contributed by atoms with E-state index >= 15 is 0 Å². The number of hydrogen-bond donors (Lipinski definition) is 1. The van der Waals surface area contributed by atoms with Crippen LogP contribution in [0.15, 0.2) is 30.3 Å². The van der Waals surface area contributed by atoms with Crippen molar-refractivity contribution < 1.29 is 9.53 Å². The number of nitrogens with one attached hydrogen (secondary N) is 1. The number of rotatable bonds is 4. The predicted octanol–water partition coefficient (Wildman–Crippen LogP) is 2.64. The summed E-state index contributed by atoms with van der Waals surface area (Å²) in [4.78, 5) is 13.8. The lowest BCUT2D eigenvalue weighted by atomic mass is 9.96. The van der Waals surface area contributed by atoms with Gasteiger partial charge in [0, 0.05) is 26.7 Å². The second-order valence-electron chi connectivity index (χ2n) is 5.60. The molecule has 1 aliphatic heterocycles. The smallest absolute Gasteiger partial charge is 0.317 e. The molecule has 1 saturated heterocycles. The number of nitrogens with zero attached hydrogens (tertiary/aromatic N) is 1. The van der Waals surface area contributed by atoms with Crippen LogP contribution < -0.4 is 5.32 Å². The number of benzene rings is 1. The van der Waals surface area contributed by atoms with Gasteiger partial charge in [0.1, 0.15) is 0 Å². The molecule has 0 spiro atoms. The zero-order valence-electron chi connectivity index (χ0n) is 12.3. The molecule has 0 unspecified atom stereocenters. The van der Waals surface area contributed by atoms with Gasteiger partial charge in [-0.1, -0.05) is 30.3 Å². The quantitative estimate of drug-likeness (QED) is 0.918. The van der Waals surface area contributed by atoms with Gasteiger partial charge in [-0.15, -0.1) is 0 Å². The van der Waals surface area contributed by atoms with Crippen LogP contribution in [0.3, 0.4) is 0 Å². The summed E-state index contributed by atoms with van der Waals surface area (Å²) < 4.78 is 5.52. The summed E-state index contributed by atoms with van der Waals surface area (Å²) in [6.45, 7) is 4.28. The Morgan fingerprint density at radius 2 is 2.15 bits per heavy atom. The van der Waals surface area contributed by atoms with E-state index in [1.807, 2.05) is 37.4 Å². The van der Waals surface area contributed by atoms with E-state index in [0.29, 0.717) is 18.6 Å². The summed E-state index contributed by atoms with van der Waals surface area (Å²) in [6.07, 6.45) is 2.38. The van der Waals surface area contributed by atoms with E-state index in [0.717, 1.165) is 31.6 Å². The lowest BCUT2D eigenvalue weighted by molar-refractivity contribution is 0.00327. The van der Waals surface area contributed by atoms with Crippen LogP contribution in [-0.2, 0) is 11.3 Å². The minimum absolute atomic E-state index is 0.00648. The topological polar surface area (TPSA) is 41.6 Å². The second kappa shape index (κ2) is 7.29. The first-order valence-corrected chi connectivity index (χ1v) is 7.29. The Labute approximate surface area is 121 Å². The van der Waals surface area contributed by atoms with E-state index < -0.39 is 0 Å². The Kier molecular flexibility index (Phi) is 5.41. The van der Waals surface area contributed by atoms with Crippen molar-refractivity contribution in [2.75, 3.05) is 20.2 Å². The minimum atomic E-state index is -0.00648. The van der Waals surface area contributed by atoms with Crippen molar-refractivity contribution in [3.63, 3.8) is 0 Å². The second-order valence-corrected chi connectivity index (χ2v) is 5.60. The van der Waals surface area contributed by atoms with Crippen molar-refractivity contribution in [2.24, 2.45) is 5.92 Å². The molecule has 0 bridgehead atoms. The number of amides is 2. The third-order valence-electron chi connectivity index (χ3n) is 3.74. The Balaban J connectivity index is 1.74. The highest BCUT2D eigenvalue weighted by Crippen LogP contribution is 2.18. The molecule has 1 aromatic carbocycles. The molecule has 110 valence electrons. The largest absolute Gasteiger partial charge is 0.378 e. The number of carbonyl (C=O) groups is 1. The van der Waals surface area contributed by atoms with Crippen LogP contribution in [0.1, 0.15) is 25.3 Å². The van der Waals surface area contributed by atoms with E-state index in [9.17, 15) is 4.79 Å². The summed E-state index contributed by atoms with van der Waals surface area (Å²) in [7, 11) is 1.83. The van der Waals surface area contributed by atoms with E-state index in [1.54, 1.807) is 4.90 Å². The van der Waals surface area contributed by atoms with Crippen molar-refractivity contribution in [3.05, 3.63) is 35.9 Å². The minimum Gasteiger partial charge on any atom is -0.378 e. The van der Waals surface area contributed by atoms with Crippen LogP contribution in [0.2, 0.25) is 0 Å². The normalized spacial score (nSPS) is 22.3. The first-order valence-electron chi connectivity index (χ1n) is 7.29. The van der Waals surface area contributed by atoms with Gasteiger partial charge in [0.2, 0.25) is 0 Å². The van der Waals surface area contributed by atoms with Crippen molar-refractivity contribution in [1.29, 1.82) is 0 Å². The fourth-order valence-electron chi connectivity index (χ4n) is 2.57. The Hall–Kier alpha value is -1.55. The maximum Gasteiger partial charge on any atom is 0.317 e. The van der Waals surface area contributed by atoms with E-state index in [-0.39, 0.29) is 6.03 Å². The summed E-state index contributed by atoms with van der Waals surface area (Å²) in [5.41, 5.74) is 1.14. The Morgan fingerprint density at radius 3 is 2.85 bits per heavy atom. The van der Waals surface area contributed by atoms with E-state index in [1.165, 1.54) is 0 Å². The maximum atomic E-state index is 12.1. The number of urea groups is 1. The van der Waals surface area contributed by atoms with Gasteiger partial charge in [-0.2, -0.15) is 0 Å².